The number of ether oxygens (including phenoxy) is 2. The van der Waals surface area contributed by atoms with Gasteiger partial charge >= 0.3 is 0 Å². The molecule has 0 saturated carbocycles. The Labute approximate surface area is 83.1 Å². The Balaban J connectivity index is 1.90. The van der Waals surface area contributed by atoms with Gasteiger partial charge in [0, 0.05) is 0 Å². The van der Waals surface area contributed by atoms with E-state index in [9.17, 15) is 0 Å². The monoisotopic (exact) mass is 188 g/mol. The molecule has 3 atom stereocenters. The predicted octanol–water partition coefficient (Wildman–Crippen LogP) is 2.55. The van der Waals surface area contributed by atoms with Gasteiger partial charge in [-0.05, 0) is 24.1 Å². The van der Waals surface area contributed by atoms with Gasteiger partial charge in [0.15, 0.2) is 0 Å². The largest absolute Gasteiger partial charge is 0.472 e. The zero-order chi connectivity index (χ0) is 9.54. The molecule has 2 aliphatic rings. The zero-order valence-electron chi connectivity index (χ0n) is 8.01. The lowest BCUT2D eigenvalue weighted by Crippen LogP contribution is -2.40. The highest BCUT2D eigenvalue weighted by atomic mass is 16.7. The van der Waals surface area contributed by atoms with E-state index >= 15 is 0 Å². The minimum absolute atomic E-state index is 0.0281. The molecule has 2 heterocycles. The van der Waals surface area contributed by atoms with Crippen LogP contribution in [0.15, 0.2) is 36.6 Å². The summed E-state index contributed by atoms with van der Waals surface area (Å²) in [5, 5.41) is 0. The third-order valence-electron chi connectivity index (χ3n) is 2.95. The molecule has 0 spiro atoms. The van der Waals surface area contributed by atoms with Crippen LogP contribution in [-0.4, -0.2) is 6.29 Å². The van der Waals surface area contributed by atoms with E-state index in [0.29, 0.717) is 5.92 Å². The van der Waals surface area contributed by atoms with Gasteiger partial charge in [-0.2, -0.15) is 0 Å². The van der Waals surface area contributed by atoms with Gasteiger partial charge in [-0.15, -0.1) is 0 Å². The van der Waals surface area contributed by atoms with E-state index < -0.39 is 0 Å². The molecular formula is C12H12O2. The summed E-state index contributed by atoms with van der Waals surface area (Å²) in [5.41, 5.74) is 2.57. The van der Waals surface area contributed by atoms with Crippen LogP contribution in [0.5, 0.6) is 0 Å². The van der Waals surface area contributed by atoms with Crippen LogP contribution in [-0.2, 0) is 9.47 Å². The van der Waals surface area contributed by atoms with Crippen LogP contribution < -0.4 is 0 Å². The van der Waals surface area contributed by atoms with E-state index in [4.69, 9.17) is 9.47 Å². The first kappa shape index (κ1) is 8.06. The third kappa shape index (κ3) is 1.01. The summed E-state index contributed by atoms with van der Waals surface area (Å²) in [6.45, 7) is 2.12. The Hall–Kier alpha value is -1.28. The molecule has 1 fully saturated rings. The number of aryl methyl sites for hydroxylation is 1. The Morgan fingerprint density at radius 3 is 2.86 bits per heavy atom. The highest BCUT2D eigenvalue weighted by Gasteiger charge is 2.46. The lowest BCUT2D eigenvalue weighted by molar-refractivity contribution is -0.258. The van der Waals surface area contributed by atoms with Crippen LogP contribution in [0, 0.1) is 12.8 Å². The average Bonchev–Trinajstić information content (AvgIpc) is 2.52. The SMILES string of the molecule is Cc1ccccc1[C@@H]1O[C@H]2OC=C[C@H]21. The van der Waals surface area contributed by atoms with Crippen LogP contribution in [0.3, 0.4) is 0 Å². The Morgan fingerprint density at radius 1 is 1.21 bits per heavy atom. The number of benzene rings is 1. The van der Waals surface area contributed by atoms with Gasteiger partial charge in [-0.1, -0.05) is 24.3 Å². The van der Waals surface area contributed by atoms with E-state index in [1.165, 1.54) is 11.1 Å². The molecule has 1 aromatic rings. The number of fused-ring (bicyclic) bond motifs is 1. The van der Waals surface area contributed by atoms with Crippen molar-refractivity contribution in [3.8, 4) is 0 Å². The maximum Gasteiger partial charge on any atom is 0.208 e. The molecule has 72 valence electrons. The quantitative estimate of drug-likeness (QED) is 0.674. The number of hydrogen-bond acceptors (Lipinski definition) is 2. The summed E-state index contributed by atoms with van der Waals surface area (Å²) in [6.07, 6.45) is 4.00. The molecule has 1 saturated heterocycles. The number of rotatable bonds is 1. The van der Waals surface area contributed by atoms with E-state index in [1.807, 2.05) is 0 Å². The molecule has 2 nitrogen and oxygen atoms in total. The summed E-state index contributed by atoms with van der Waals surface area (Å²) in [6, 6.07) is 8.35. The molecule has 0 amide bonds. The van der Waals surface area contributed by atoms with Crippen LogP contribution in [0.4, 0.5) is 0 Å². The molecule has 0 aromatic heterocycles. The standard InChI is InChI=1S/C12H12O2/c1-8-4-2-3-5-9(8)11-10-6-7-13-12(10)14-11/h2-7,10-12H,1H3/t10-,11-,12+/m0/s1. The molecule has 0 radical (unpaired) electrons. The molecule has 0 aliphatic carbocycles. The maximum atomic E-state index is 5.65. The zero-order valence-corrected chi connectivity index (χ0v) is 8.01. The second kappa shape index (κ2) is 2.85. The average molecular weight is 188 g/mol. The number of hydrogen-bond donors (Lipinski definition) is 0. The minimum atomic E-state index is -0.0281. The normalized spacial score (nSPS) is 33.4. The smallest absolute Gasteiger partial charge is 0.208 e. The summed E-state index contributed by atoms with van der Waals surface area (Å²) >= 11 is 0. The molecule has 0 N–H and O–H groups in total. The fraction of sp³-hybridized carbons (Fsp3) is 0.333. The Bertz CT molecular complexity index is 384. The van der Waals surface area contributed by atoms with Crippen molar-refractivity contribution in [2.75, 3.05) is 0 Å². The molecule has 3 rings (SSSR count). The minimum Gasteiger partial charge on any atom is -0.472 e. The molecule has 2 aliphatic heterocycles. The van der Waals surface area contributed by atoms with Crippen molar-refractivity contribution in [2.45, 2.75) is 19.3 Å². The second-order valence-corrected chi connectivity index (χ2v) is 3.82. The van der Waals surface area contributed by atoms with Crippen molar-refractivity contribution in [3.05, 3.63) is 47.7 Å². The van der Waals surface area contributed by atoms with Crippen molar-refractivity contribution in [2.24, 2.45) is 5.92 Å². The summed E-state index contributed by atoms with van der Waals surface area (Å²) in [5.74, 6) is 0.413. The third-order valence-corrected chi connectivity index (χ3v) is 2.95. The fourth-order valence-electron chi connectivity index (χ4n) is 2.09. The van der Waals surface area contributed by atoms with Crippen LogP contribution in [0.2, 0.25) is 0 Å². The lowest BCUT2D eigenvalue weighted by atomic mass is 9.88. The van der Waals surface area contributed by atoms with Crippen molar-refractivity contribution < 1.29 is 9.47 Å². The van der Waals surface area contributed by atoms with Crippen molar-refractivity contribution >= 4 is 0 Å². The first-order chi connectivity index (χ1) is 6.86. The first-order valence-electron chi connectivity index (χ1n) is 4.89. The van der Waals surface area contributed by atoms with Crippen LogP contribution in [0.25, 0.3) is 0 Å². The Kier molecular flexibility index (Phi) is 1.64. The van der Waals surface area contributed by atoms with Crippen molar-refractivity contribution in [1.29, 1.82) is 0 Å². The van der Waals surface area contributed by atoms with Gasteiger partial charge < -0.3 is 9.47 Å². The first-order valence-corrected chi connectivity index (χ1v) is 4.89. The highest BCUT2D eigenvalue weighted by Crippen LogP contribution is 2.45. The van der Waals surface area contributed by atoms with E-state index in [1.54, 1.807) is 6.26 Å². The van der Waals surface area contributed by atoms with Crippen molar-refractivity contribution in [3.63, 3.8) is 0 Å². The molecular weight excluding hydrogens is 176 g/mol. The van der Waals surface area contributed by atoms with Crippen LogP contribution >= 0.6 is 0 Å². The second-order valence-electron chi connectivity index (χ2n) is 3.82. The summed E-state index contributed by atoms with van der Waals surface area (Å²) in [4.78, 5) is 0. The van der Waals surface area contributed by atoms with Crippen molar-refractivity contribution in [1.82, 2.24) is 0 Å². The topological polar surface area (TPSA) is 18.5 Å². The molecule has 2 heteroatoms. The van der Waals surface area contributed by atoms with Gasteiger partial charge in [-0.25, -0.2) is 0 Å². The van der Waals surface area contributed by atoms with E-state index in [0.717, 1.165) is 0 Å². The Morgan fingerprint density at radius 2 is 2.07 bits per heavy atom. The van der Waals surface area contributed by atoms with E-state index in [2.05, 4.69) is 37.3 Å². The van der Waals surface area contributed by atoms with Gasteiger partial charge in [0.25, 0.3) is 0 Å². The highest BCUT2D eigenvalue weighted by molar-refractivity contribution is 5.31. The fourth-order valence-corrected chi connectivity index (χ4v) is 2.09. The maximum absolute atomic E-state index is 5.65. The van der Waals surface area contributed by atoms with E-state index in [-0.39, 0.29) is 12.4 Å². The summed E-state index contributed by atoms with van der Waals surface area (Å²) in [7, 11) is 0. The predicted molar refractivity (Wildman–Crippen MR) is 52.5 cm³/mol. The van der Waals surface area contributed by atoms with Gasteiger partial charge in [0.05, 0.1) is 18.3 Å². The molecule has 0 bridgehead atoms. The molecule has 14 heavy (non-hydrogen) atoms. The van der Waals surface area contributed by atoms with Crippen LogP contribution in [0.1, 0.15) is 17.2 Å². The van der Waals surface area contributed by atoms with Gasteiger partial charge in [-0.3, -0.25) is 0 Å². The van der Waals surface area contributed by atoms with Gasteiger partial charge in [0.1, 0.15) is 0 Å². The molecule has 0 unspecified atom stereocenters. The van der Waals surface area contributed by atoms with Gasteiger partial charge in [0.2, 0.25) is 6.29 Å². The summed E-state index contributed by atoms with van der Waals surface area (Å²) < 4.78 is 10.9. The lowest BCUT2D eigenvalue weighted by Gasteiger charge is -2.39. The molecule has 1 aromatic carbocycles.